The van der Waals surface area contributed by atoms with E-state index in [4.69, 9.17) is 4.74 Å². The van der Waals surface area contributed by atoms with Gasteiger partial charge in [-0.05, 0) is 78.2 Å². The van der Waals surface area contributed by atoms with Gasteiger partial charge in [0.05, 0.1) is 11.6 Å². The third-order valence-electron chi connectivity index (χ3n) is 5.55. The summed E-state index contributed by atoms with van der Waals surface area (Å²) >= 11 is 3.41. The summed E-state index contributed by atoms with van der Waals surface area (Å²) in [5, 5.41) is 3.06. The molecule has 1 N–H and O–H groups in total. The summed E-state index contributed by atoms with van der Waals surface area (Å²) in [4.78, 5) is 26.2. The fourth-order valence-corrected chi connectivity index (χ4v) is 4.38. The minimum absolute atomic E-state index is 0.229. The van der Waals surface area contributed by atoms with Crippen LogP contribution in [0.15, 0.2) is 21.4 Å². The highest BCUT2D eigenvalue weighted by molar-refractivity contribution is 9.10. The van der Waals surface area contributed by atoms with Crippen LogP contribution in [0, 0.1) is 6.92 Å². The number of nitrogens with zero attached hydrogens (tertiary/aromatic N) is 1. The Morgan fingerprint density at radius 2 is 1.86 bits per heavy atom. The number of halogens is 1. The summed E-state index contributed by atoms with van der Waals surface area (Å²) in [5.41, 5.74) is 4.57. The number of hydrogen-bond donors (Lipinski definition) is 1. The lowest BCUT2D eigenvalue weighted by Gasteiger charge is -2.25. The topological polar surface area (TPSA) is 60.3 Å². The smallest absolute Gasteiger partial charge is 0.261 e. The molecule has 0 radical (unpaired) electrons. The first-order valence-electron chi connectivity index (χ1n) is 9.85. The molecule has 1 aromatic carbocycles. The Kier molecular flexibility index (Phi) is 6.28. The molecule has 1 aromatic heterocycles. The lowest BCUT2D eigenvalue weighted by molar-refractivity contribution is 0.102. The molecule has 0 saturated heterocycles. The van der Waals surface area contributed by atoms with Gasteiger partial charge in [-0.15, -0.1) is 0 Å². The Balaban J connectivity index is 2.11. The van der Waals surface area contributed by atoms with E-state index in [0.29, 0.717) is 4.47 Å². The average molecular weight is 447 g/mol. The molecule has 2 heterocycles. The third kappa shape index (κ3) is 3.62. The predicted octanol–water partition coefficient (Wildman–Crippen LogP) is 4.64. The second-order valence-corrected chi connectivity index (χ2v) is 7.93. The van der Waals surface area contributed by atoms with E-state index in [2.05, 4.69) is 25.8 Å². The molecule has 5 nitrogen and oxygen atoms in total. The van der Waals surface area contributed by atoms with Gasteiger partial charge in [-0.25, -0.2) is 0 Å². The standard InChI is InChI=1S/C22H27BrN2O3/c1-5-14-11-16(28-4)12-15(6-2)20(14)24-22(27)18-17-9-7-8-10-25(17)13(3)19(23)21(18)26/h11-12H,5-10H2,1-4H3,(H,24,27). The molecule has 0 saturated carbocycles. The molecular formula is C22H27BrN2O3. The van der Waals surface area contributed by atoms with Gasteiger partial charge in [0.15, 0.2) is 0 Å². The van der Waals surface area contributed by atoms with Gasteiger partial charge in [0.2, 0.25) is 5.43 Å². The monoisotopic (exact) mass is 446 g/mol. The molecule has 28 heavy (non-hydrogen) atoms. The number of aryl methyl sites for hydroxylation is 2. The van der Waals surface area contributed by atoms with E-state index in [1.54, 1.807) is 7.11 Å². The lowest BCUT2D eigenvalue weighted by atomic mass is 9.99. The second-order valence-electron chi connectivity index (χ2n) is 7.14. The first-order chi connectivity index (χ1) is 13.4. The van der Waals surface area contributed by atoms with E-state index in [0.717, 1.165) is 72.6 Å². The highest BCUT2D eigenvalue weighted by atomic mass is 79.9. The van der Waals surface area contributed by atoms with Crippen molar-refractivity contribution in [2.45, 2.75) is 59.4 Å². The average Bonchev–Trinajstić information content (AvgIpc) is 2.72. The van der Waals surface area contributed by atoms with E-state index < -0.39 is 0 Å². The van der Waals surface area contributed by atoms with Crippen LogP contribution in [0.3, 0.4) is 0 Å². The molecule has 0 unspecified atom stereocenters. The van der Waals surface area contributed by atoms with Gasteiger partial charge in [0.25, 0.3) is 5.91 Å². The number of anilines is 1. The molecule has 0 fully saturated rings. The van der Waals surface area contributed by atoms with Crippen LogP contribution in [0.1, 0.15) is 59.6 Å². The number of pyridine rings is 1. The maximum absolute atomic E-state index is 13.3. The first-order valence-corrected chi connectivity index (χ1v) is 10.6. The van der Waals surface area contributed by atoms with Crippen molar-refractivity contribution in [1.82, 2.24) is 4.57 Å². The Morgan fingerprint density at radius 1 is 1.21 bits per heavy atom. The fourth-order valence-electron chi connectivity index (χ4n) is 3.97. The number of carbonyl (C=O) groups excluding carboxylic acids is 1. The van der Waals surface area contributed by atoms with Gasteiger partial charge >= 0.3 is 0 Å². The number of hydrogen-bond acceptors (Lipinski definition) is 3. The number of ether oxygens (including phenoxy) is 1. The van der Waals surface area contributed by atoms with Gasteiger partial charge in [-0.1, -0.05) is 13.8 Å². The molecule has 0 spiro atoms. The molecule has 0 aliphatic carbocycles. The normalized spacial score (nSPS) is 13.2. The Labute approximate surface area is 174 Å². The van der Waals surface area contributed by atoms with Crippen LogP contribution in [0.2, 0.25) is 0 Å². The lowest BCUT2D eigenvalue weighted by Crippen LogP contribution is -2.31. The van der Waals surface area contributed by atoms with E-state index in [9.17, 15) is 9.59 Å². The number of benzene rings is 1. The zero-order valence-corrected chi connectivity index (χ0v) is 18.5. The maximum Gasteiger partial charge on any atom is 0.261 e. The summed E-state index contributed by atoms with van der Waals surface area (Å²) in [6, 6.07) is 3.89. The molecule has 0 atom stereocenters. The van der Waals surface area contributed by atoms with Crippen LogP contribution in [0.25, 0.3) is 0 Å². The number of nitrogens with one attached hydrogen (secondary N) is 1. The van der Waals surface area contributed by atoms with Crippen LogP contribution in [0.5, 0.6) is 5.75 Å². The Hall–Kier alpha value is -2.08. The van der Waals surface area contributed by atoms with Crippen molar-refractivity contribution in [3.63, 3.8) is 0 Å². The van der Waals surface area contributed by atoms with Crippen molar-refractivity contribution < 1.29 is 9.53 Å². The van der Waals surface area contributed by atoms with Gasteiger partial charge in [0.1, 0.15) is 11.3 Å². The minimum atomic E-state index is -0.328. The molecule has 2 aromatic rings. The first kappa shape index (κ1) is 20.6. The maximum atomic E-state index is 13.3. The van der Waals surface area contributed by atoms with Crippen molar-refractivity contribution in [1.29, 1.82) is 0 Å². The van der Waals surface area contributed by atoms with Gasteiger partial charge in [0, 0.05) is 23.6 Å². The zero-order chi connectivity index (χ0) is 20.4. The van der Waals surface area contributed by atoms with Crippen LogP contribution in [0.4, 0.5) is 5.69 Å². The van der Waals surface area contributed by atoms with E-state index in [1.807, 2.05) is 32.9 Å². The number of aromatic nitrogens is 1. The summed E-state index contributed by atoms with van der Waals surface area (Å²) in [5.74, 6) is 0.452. The van der Waals surface area contributed by atoms with Crippen LogP contribution in [-0.2, 0) is 25.8 Å². The number of methoxy groups -OCH3 is 1. The summed E-state index contributed by atoms with van der Waals surface area (Å²) < 4.78 is 7.98. The van der Waals surface area contributed by atoms with Crippen LogP contribution in [-0.4, -0.2) is 17.6 Å². The van der Waals surface area contributed by atoms with Crippen molar-refractivity contribution in [3.05, 3.63) is 54.9 Å². The van der Waals surface area contributed by atoms with E-state index >= 15 is 0 Å². The molecule has 0 bridgehead atoms. The quantitative estimate of drug-likeness (QED) is 0.727. The van der Waals surface area contributed by atoms with Gasteiger partial charge in [-0.3, -0.25) is 9.59 Å². The highest BCUT2D eigenvalue weighted by Crippen LogP contribution is 2.30. The van der Waals surface area contributed by atoms with Gasteiger partial charge in [-0.2, -0.15) is 0 Å². The minimum Gasteiger partial charge on any atom is -0.497 e. The highest BCUT2D eigenvalue weighted by Gasteiger charge is 2.26. The molecular weight excluding hydrogens is 420 g/mol. The Morgan fingerprint density at radius 3 is 2.43 bits per heavy atom. The van der Waals surface area contributed by atoms with E-state index in [1.165, 1.54) is 0 Å². The number of amides is 1. The largest absolute Gasteiger partial charge is 0.497 e. The zero-order valence-electron chi connectivity index (χ0n) is 16.9. The predicted molar refractivity (Wildman–Crippen MR) is 116 cm³/mol. The number of rotatable bonds is 5. The molecule has 150 valence electrons. The Bertz CT molecular complexity index is 954. The summed E-state index contributed by atoms with van der Waals surface area (Å²) in [7, 11) is 1.64. The molecule has 1 aliphatic rings. The second kappa shape index (κ2) is 8.52. The molecule has 1 amide bonds. The molecule has 3 rings (SSSR count). The molecule has 6 heteroatoms. The summed E-state index contributed by atoms with van der Waals surface area (Å²) in [6.45, 7) is 6.85. The number of fused-ring (bicyclic) bond motifs is 1. The number of carbonyl (C=O) groups is 1. The van der Waals surface area contributed by atoms with E-state index in [-0.39, 0.29) is 16.9 Å². The summed E-state index contributed by atoms with van der Waals surface area (Å²) in [6.07, 6.45) is 4.31. The molecule has 1 aliphatic heterocycles. The van der Waals surface area contributed by atoms with Gasteiger partial charge < -0.3 is 14.6 Å². The van der Waals surface area contributed by atoms with Crippen molar-refractivity contribution in [3.8, 4) is 5.75 Å². The SMILES string of the molecule is CCc1cc(OC)cc(CC)c1NC(=O)c1c2n(c(C)c(Br)c1=O)CCCC2. The van der Waals surface area contributed by atoms with Crippen molar-refractivity contribution >= 4 is 27.5 Å². The van der Waals surface area contributed by atoms with Crippen molar-refractivity contribution in [2.75, 3.05) is 12.4 Å². The van der Waals surface area contributed by atoms with Crippen LogP contribution < -0.4 is 15.5 Å². The third-order valence-corrected chi connectivity index (χ3v) is 6.48. The van der Waals surface area contributed by atoms with Crippen LogP contribution >= 0.6 is 15.9 Å². The van der Waals surface area contributed by atoms with Crippen molar-refractivity contribution in [2.24, 2.45) is 0 Å². The fraction of sp³-hybridized carbons (Fsp3) is 0.455.